The molecule has 0 fully saturated rings. The largest absolute Gasteiger partial charge is 0.497 e. The highest BCUT2D eigenvalue weighted by Crippen LogP contribution is 2.39. The molecule has 0 radical (unpaired) electrons. The summed E-state index contributed by atoms with van der Waals surface area (Å²) in [4.78, 5) is 13.7. The fourth-order valence-corrected chi connectivity index (χ4v) is 6.90. The topological polar surface area (TPSA) is 83.9 Å². The van der Waals surface area contributed by atoms with E-state index < -0.39 is 28.0 Å². The minimum atomic E-state index is -4.01. The molecule has 0 bridgehead atoms. The molecule has 0 amide bonds. The first kappa shape index (κ1) is 22.5. The molecule has 0 aliphatic carbocycles. The third-order valence-corrected chi connectivity index (χ3v) is 8.83. The molecular weight excluding hydrogens is 446 g/mol. The third kappa shape index (κ3) is 4.44. The van der Waals surface area contributed by atoms with Crippen LogP contribution in [0.15, 0.2) is 70.9 Å². The Morgan fingerprint density at radius 2 is 1.84 bits per heavy atom. The molecular formula is C24H25NO5S2. The molecule has 0 saturated heterocycles. The Kier molecular flexibility index (Phi) is 6.64. The Bertz CT molecular complexity index is 1170. The van der Waals surface area contributed by atoms with Crippen LogP contribution in [0.1, 0.15) is 28.3 Å². The summed E-state index contributed by atoms with van der Waals surface area (Å²) in [6.45, 7) is 0.126. The summed E-state index contributed by atoms with van der Waals surface area (Å²) in [5, 5.41) is 12.2. The van der Waals surface area contributed by atoms with Crippen molar-refractivity contribution in [3.05, 3.63) is 82.0 Å². The Labute approximate surface area is 192 Å². The molecule has 4 rings (SSSR count). The number of fused-ring (bicyclic) bond motifs is 1. The zero-order chi connectivity index (χ0) is 22.7. The number of aryl methyl sites for hydroxylation is 1. The zero-order valence-electron chi connectivity index (χ0n) is 17.7. The van der Waals surface area contributed by atoms with Crippen LogP contribution in [-0.4, -0.2) is 43.5 Å². The van der Waals surface area contributed by atoms with E-state index in [0.29, 0.717) is 25.0 Å². The predicted octanol–water partition coefficient (Wildman–Crippen LogP) is 4.17. The molecule has 1 aliphatic heterocycles. The van der Waals surface area contributed by atoms with Crippen LogP contribution in [0, 0.1) is 0 Å². The Morgan fingerprint density at radius 3 is 2.50 bits per heavy atom. The first-order chi connectivity index (χ1) is 15.4. The number of carbonyl (C=O) groups is 1. The number of benzene rings is 2. The number of sulfonamides is 1. The second-order valence-electron chi connectivity index (χ2n) is 7.75. The predicted molar refractivity (Wildman–Crippen MR) is 124 cm³/mol. The van der Waals surface area contributed by atoms with Crippen LogP contribution in [0.5, 0.6) is 5.75 Å². The van der Waals surface area contributed by atoms with E-state index in [9.17, 15) is 18.3 Å². The number of hydrogen-bond acceptors (Lipinski definition) is 5. The summed E-state index contributed by atoms with van der Waals surface area (Å²) >= 11 is 1.56. The van der Waals surface area contributed by atoms with Crippen LogP contribution in [0.3, 0.4) is 0 Å². The first-order valence-electron chi connectivity index (χ1n) is 10.4. The number of ether oxygens (including phenoxy) is 1. The summed E-state index contributed by atoms with van der Waals surface area (Å²) < 4.78 is 33.5. The molecule has 2 atom stereocenters. The van der Waals surface area contributed by atoms with Crippen molar-refractivity contribution in [1.29, 1.82) is 0 Å². The maximum absolute atomic E-state index is 13.6. The van der Waals surface area contributed by atoms with Crippen LogP contribution in [-0.2, 0) is 27.7 Å². The third-order valence-electron chi connectivity index (χ3n) is 5.94. The van der Waals surface area contributed by atoms with Crippen molar-refractivity contribution in [1.82, 2.24) is 4.31 Å². The van der Waals surface area contributed by atoms with Crippen molar-refractivity contribution >= 4 is 27.3 Å². The van der Waals surface area contributed by atoms with Gasteiger partial charge in [0.1, 0.15) is 11.8 Å². The lowest BCUT2D eigenvalue weighted by atomic mass is 9.87. The summed E-state index contributed by atoms with van der Waals surface area (Å²) in [5.74, 6) is -1.03. The van der Waals surface area contributed by atoms with Gasteiger partial charge in [-0.25, -0.2) is 8.42 Å². The summed E-state index contributed by atoms with van der Waals surface area (Å²) in [6.07, 6.45) is 1.70. The highest BCUT2D eigenvalue weighted by atomic mass is 32.2. The van der Waals surface area contributed by atoms with Gasteiger partial charge in [0.2, 0.25) is 10.0 Å². The number of nitrogens with zero attached hydrogens (tertiary/aromatic N) is 1. The molecule has 0 saturated carbocycles. The second-order valence-corrected chi connectivity index (χ2v) is 10.6. The fraction of sp³-hybridized carbons (Fsp3) is 0.292. The smallest absolute Gasteiger partial charge is 0.322 e. The Balaban J connectivity index is 1.72. The lowest BCUT2D eigenvalue weighted by molar-refractivity contribution is -0.142. The summed E-state index contributed by atoms with van der Waals surface area (Å²) in [6, 6.07) is 16.7. The number of carboxylic acids is 1. The lowest BCUT2D eigenvalue weighted by Crippen LogP contribution is -2.48. The van der Waals surface area contributed by atoms with E-state index in [0.717, 1.165) is 16.0 Å². The van der Waals surface area contributed by atoms with Gasteiger partial charge in [-0.1, -0.05) is 30.3 Å². The van der Waals surface area contributed by atoms with E-state index in [1.165, 1.54) is 23.5 Å². The average molecular weight is 472 g/mol. The van der Waals surface area contributed by atoms with Crippen molar-refractivity contribution in [2.75, 3.05) is 13.7 Å². The maximum atomic E-state index is 13.6. The molecule has 32 heavy (non-hydrogen) atoms. The van der Waals surface area contributed by atoms with Gasteiger partial charge in [0.25, 0.3) is 0 Å². The van der Waals surface area contributed by atoms with Crippen molar-refractivity contribution < 1.29 is 23.1 Å². The van der Waals surface area contributed by atoms with Crippen LogP contribution in [0.4, 0.5) is 0 Å². The number of carboxylic acid groups (broad SMARTS) is 1. The number of aliphatic carboxylic acids is 1. The quantitative estimate of drug-likeness (QED) is 0.559. The number of thiophene rings is 1. The van der Waals surface area contributed by atoms with Crippen LogP contribution in [0.25, 0.3) is 0 Å². The van der Waals surface area contributed by atoms with Gasteiger partial charge in [0.05, 0.1) is 12.0 Å². The Hall–Kier alpha value is -2.68. The number of hydrogen-bond donors (Lipinski definition) is 1. The van der Waals surface area contributed by atoms with E-state index in [2.05, 4.69) is 0 Å². The highest BCUT2D eigenvalue weighted by Gasteiger charge is 2.44. The van der Waals surface area contributed by atoms with Crippen LogP contribution >= 0.6 is 11.3 Å². The van der Waals surface area contributed by atoms with E-state index in [1.807, 2.05) is 41.8 Å². The van der Waals surface area contributed by atoms with E-state index >= 15 is 0 Å². The zero-order valence-corrected chi connectivity index (χ0v) is 19.3. The molecule has 2 aromatic carbocycles. The summed E-state index contributed by atoms with van der Waals surface area (Å²) in [5.41, 5.74) is 2.05. The van der Waals surface area contributed by atoms with Gasteiger partial charge in [0.15, 0.2) is 0 Å². The van der Waals surface area contributed by atoms with Crippen molar-refractivity contribution in [3.63, 3.8) is 0 Å². The van der Waals surface area contributed by atoms with Gasteiger partial charge in [-0.3, -0.25) is 4.79 Å². The van der Waals surface area contributed by atoms with Crippen molar-refractivity contribution in [3.8, 4) is 5.75 Å². The van der Waals surface area contributed by atoms with Crippen LogP contribution < -0.4 is 4.74 Å². The van der Waals surface area contributed by atoms with E-state index in [4.69, 9.17) is 4.74 Å². The molecule has 3 aromatic rings. The standard InChI is InChI=1S/C24H25NO5S2/c1-30-18-8-10-19(11-9-18)32(28,29)25-15-13-22-20(14-16-31-22)21(23(25)24(26)27)12-7-17-5-3-2-4-6-17/h2-6,8-11,14,16,21,23H,7,12-13,15H2,1H3,(H,26,27)/t21-,23-/m1/s1. The highest BCUT2D eigenvalue weighted by molar-refractivity contribution is 7.89. The minimum Gasteiger partial charge on any atom is -0.497 e. The van der Waals surface area contributed by atoms with Gasteiger partial charge >= 0.3 is 5.97 Å². The molecule has 1 aliphatic rings. The number of rotatable bonds is 7. The fourth-order valence-electron chi connectivity index (χ4n) is 4.33. The molecule has 168 valence electrons. The molecule has 0 spiro atoms. The summed E-state index contributed by atoms with van der Waals surface area (Å²) in [7, 11) is -2.51. The monoisotopic (exact) mass is 471 g/mol. The van der Waals surface area contributed by atoms with Gasteiger partial charge in [-0.2, -0.15) is 4.31 Å². The van der Waals surface area contributed by atoms with Crippen molar-refractivity contribution in [2.24, 2.45) is 0 Å². The normalized spacial score (nSPS) is 19.2. The Morgan fingerprint density at radius 1 is 1.12 bits per heavy atom. The van der Waals surface area contributed by atoms with E-state index in [1.54, 1.807) is 23.5 Å². The van der Waals surface area contributed by atoms with Crippen molar-refractivity contribution in [2.45, 2.75) is 36.1 Å². The maximum Gasteiger partial charge on any atom is 0.322 e. The van der Waals surface area contributed by atoms with Gasteiger partial charge in [-0.05, 0) is 66.1 Å². The molecule has 2 heterocycles. The van der Waals surface area contributed by atoms with E-state index in [-0.39, 0.29) is 11.4 Å². The molecule has 0 unspecified atom stereocenters. The van der Waals surface area contributed by atoms with Gasteiger partial charge in [0, 0.05) is 17.3 Å². The van der Waals surface area contributed by atoms with Gasteiger partial charge in [-0.15, -0.1) is 11.3 Å². The molecule has 6 nitrogen and oxygen atoms in total. The average Bonchev–Trinajstić information content (AvgIpc) is 3.20. The number of methoxy groups -OCH3 is 1. The molecule has 8 heteroatoms. The van der Waals surface area contributed by atoms with Gasteiger partial charge < -0.3 is 9.84 Å². The minimum absolute atomic E-state index is 0.0663. The lowest BCUT2D eigenvalue weighted by Gasteiger charge is -2.31. The molecule has 1 N–H and O–H groups in total. The SMILES string of the molecule is COc1ccc(S(=O)(=O)N2CCc3sccc3[C@@H](CCc3ccccc3)[C@@H]2C(=O)O)cc1. The van der Waals surface area contributed by atoms with Crippen LogP contribution in [0.2, 0.25) is 0 Å². The first-order valence-corrected chi connectivity index (χ1v) is 12.7. The second kappa shape index (κ2) is 9.44. The molecule has 1 aromatic heterocycles.